The molecule has 0 radical (unpaired) electrons. The number of pyridine rings is 3. The molecule has 0 spiro atoms. The molecule has 6 aromatic rings. The van der Waals surface area contributed by atoms with Gasteiger partial charge in [0.2, 0.25) is 5.91 Å². The average molecular weight is 570 g/mol. The van der Waals surface area contributed by atoms with Gasteiger partial charge in [-0.05, 0) is 97.1 Å². The van der Waals surface area contributed by atoms with E-state index < -0.39 is 5.91 Å². The second kappa shape index (κ2) is 11.5. The van der Waals surface area contributed by atoms with E-state index in [9.17, 15) is 9.59 Å². The largest absolute Gasteiger partial charge is 0.507 e. The smallest absolute Gasteiger partial charge is 0.248 e. The number of aromatic hydroxyl groups is 1. The van der Waals surface area contributed by atoms with Crippen molar-refractivity contribution < 1.29 is 14.7 Å². The first-order valence-corrected chi connectivity index (χ1v) is 13.6. The molecule has 0 saturated heterocycles. The summed E-state index contributed by atoms with van der Waals surface area (Å²) in [5.74, 6) is 0.412. The topological polar surface area (TPSA) is 163 Å². The van der Waals surface area contributed by atoms with E-state index in [2.05, 4.69) is 32.7 Å². The summed E-state index contributed by atoms with van der Waals surface area (Å²) in [6.45, 7) is 0. The molecule has 4 heterocycles. The van der Waals surface area contributed by atoms with E-state index in [0.29, 0.717) is 12.1 Å². The highest BCUT2D eigenvalue weighted by atomic mass is 16.3. The molecule has 4 aromatic heterocycles. The molecule has 212 valence electrons. The molecule has 0 bridgehead atoms. The molecule has 5 N–H and O–H groups in total. The Balaban J connectivity index is 0.000000232. The van der Waals surface area contributed by atoms with Gasteiger partial charge in [-0.15, -0.1) is 0 Å². The Labute approximate surface area is 246 Å². The molecule has 0 unspecified atom stereocenters. The number of aromatic nitrogens is 5. The highest BCUT2D eigenvalue weighted by molar-refractivity contribution is 5.95. The van der Waals surface area contributed by atoms with Gasteiger partial charge in [-0.25, -0.2) is 15.0 Å². The number of phenols is 1. The SMILES string of the molecule is NC(=O)c1ccc(O)c(C=O)c1.Nc1ncccc1-c1nc2ccc(-c3cccnc3)nc2n1-c1ccc2c(c1)CCC2. The zero-order chi connectivity index (χ0) is 29.9. The zero-order valence-electron chi connectivity index (χ0n) is 23.0. The predicted molar refractivity (Wildman–Crippen MR) is 164 cm³/mol. The molecule has 0 fully saturated rings. The molecule has 2 aromatic carbocycles. The van der Waals surface area contributed by atoms with Crippen molar-refractivity contribution in [3.8, 4) is 34.1 Å². The number of imidazole rings is 1. The molecule has 10 heteroatoms. The van der Waals surface area contributed by atoms with Crippen molar-refractivity contribution in [3.63, 3.8) is 0 Å². The first-order valence-electron chi connectivity index (χ1n) is 13.6. The second-order valence-corrected chi connectivity index (χ2v) is 10.1. The van der Waals surface area contributed by atoms with Crippen molar-refractivity contribution >= 4 is 29.2 Å². The first-order chi connectivity index (χ1) is 20.9. The number of benzene rings is 2. The standard InChI is InChI=1S/C25H20N6.C8H7NO3/c26-23-20(7-3-13-28-23)24-30-22-11-10-21(18-6-2-12-27-15-18)29-25(22)31(24)19-9-8-16-4-1-5-17(16)14-19;9-8(12)5-1-2-7(11)6(3-5)4-10/h2-3,6-15H,1,4-5H2,(H2,26,28);1-4,11H,(H2,9,12). The number of carbonyl (C=O) groups is 2. The van der Waals surface area contributed by atoms with E-state index in [1.807, 2.05) is 42.6 Å². The lowest BCUT2D eigenvalue weighted by Crippen LogP contribution is -2.10. The Bertz CT molecular complexity index is 1990. The monoisotopic (exact) mass is 569 g/mol. The van der Waals surface area contributed by atoms with Gasteiger partial charge >= 0.3 is 0 Å². The molecular formula is C33H27N7O3. The molecular weight excluding hydrogens is 542 g/mol. The lowest BCUT2D eigenvalue weighted by atomic mass is 10.1. The summed E-state index contributed by atoms with van der Waals surface area (Å²) >= 11 is 0. The van der Waals surface area contributed by atoms with E-state index in [1.165, 1.54) is 35.7 Å². The number of fused-ring (bicyclic) bond motifs is 2. The fourth-order valence-electron chi connectivity index (χ4n) is 5.16. The molecule has 10 nitrogen and oxygen atoms in total. The lowest BCUT2D eigenvalue weighted by Gasteiger charge is -2.12. The van der Waals surface area contributed by atoms with Crippen LogP contribution in [0.15, 0.2) is 91.4 Å². The highest BCUT2D eigenvalue weighted by Gasteiger charge is 2.20. The molecule has 1 aliphatic carbocycles. The molecule has 43 heavy (non-hydrogen) atoms. The number of nitrogens with two attached hydrogens (primary N) is 2. The number of anilines is 1. The molecule has 0 aliphatic heterocycles. The van der Waals surface area contributed by atoms with Crippen LogP contribution in [0.3, 0.4) is 0 Å². The van der Waals surface area contributed by atoms with E-state index in [0.717, 1.165) is 52.3 Å². The van der Waals surface area contributed by atoms with Crippen LogP contribution in [0.1, 0.15) is 38.3 Å². The Hall–Kier alpha value is -5.90. The number of hydrogen-bond donors (Lipinski definition) is 3. The number of phenolic OH excluding ortho intramolecular Hbond substituents is 1. The molecule has 7 rings (SSSR count). The van der Waals surface area contributed by atoms with Gasteiger partial charge in [-0.1, -0.05) is 6.07 Å². The van der Waals surface area contributed by atoms with Crippen LogP contribution >= 0.6 is 0 Å². The number of amides is 1. The Kier molecular flexibility index (Phi) is 7.32. The highest BCUT2D eigenvalue weighted by Crippen LogP contribution is 2.33. The van der Waals surface area contributed by atoms with Crippen LogP contribution in [0.4, 0.5) is 5.82 Å². The maximum absolute atomic E-state index is 10.6. The number of aldehydes is 1. The predicted octanol–water partition coefficient (Wildman–Crippen LogP) is 4.92. The van der Waals surface area contributed by atoms with Gasteiger partial charge in [-0.3, -0.25) is 19.1 Å². The Morgan fingerprint density at radius 1 is 0.930 bits per heavy atom. The van der Waals surface area contributed by atoms with Crippen LogP contribution in [0.2, 0.25) is 0 Å². The van der Waals surface area contributed by atoms with Crippen molar-refractivity contribution in [2.24, 2.45) is 5.73 Å². The molecule has 1 aliphatic rings. The van der Waals surface area contributed by atoms with Crippen LogP contribution in [0.25, 0.3) is 39.5 Å². The lowest BCUT2D eigenvalue weighted by molar-refractivity contribution is 0.1000. The van der Waals surface area contributed by atoms with Crippen LogP contribution in [-0.4, -0.2) is 41.8 Å². The van der Waals surface area contributed by atoms with E-state index in [1.54, 1.807) is 12.4 Å². The Morgan fingerprint density at radius 3 is 2.53 bits per heavy atom. The van der Waals surface area contributed by atoms with Gasteiger partial charge in [0, 0.05) is 35.4 Å². The quantitative estimate of drug-likeness (QED) is 0.246. The van der Waals surface area contributed by atoms with Gasteiger partial charge in [0.25, 0.3) is 0 Å². The van der Waals surface area contributed by atoms with E-state index >= 15 is 0 Å². The van der Waals surface area contributed by atoms with Crippen molar-refractivity contribution in [2.45, 2.75) is 19.3 Å². The fraction of sp³-hybridized carbons (Fsp3) is 0.0909. The van der Waals surface area contributed by atoms with Crippen LogP contribution in [0, 0.1) is 0 Å². The number of hydrogen-bond acceptors (Lipinski definition) is 8. The Morgan fingerprint density at radius 2 is 1.77 bits per heavy atom. The van der Waals surface area contributed by atoms with Gasteiger partial charge in [0.05, 0.1) is 16.8 Å². The summed E-state index contributed by atoms with van der Waals surface area (Å²) in [7, 11) is 0. The van der Waals surface area contributed by atoms with Gasteiger partial charge in [0.1, 0.15) is 17.1 Å². The van der Waals surface area contributed by atoms with Crippen molar-refractivity contribution in [3.05, 3.63) is 114 Å². The molecule has 0 saturated carbocycles. The maximum atomic E-state index is 10.6. The summed E-state index contributed by atoms with van der Waals surface area (Å²) in [6.07, 6.45) is 9.20. The third-order valence-corrected chi connectivity index (χ3v) is 7.32. The van der Waals surface area contributed by atoms with Crippen molar-refractivity contribution in [1.82, 2.24) is 24.5 Å². The summed E-state index contributed by atoms with van der Waals surface area (Å²) < 4.78 is 2.10. The molecule has 0 atom stereocenters. The summed E-state index contributed by atoms with van der Waals surface area (Å²) in [5, 5.41) is 9.03. The third-order valence-electron chi connectivity index (χ3n) is 7.32. The van der Waals surface area contributed by atoms with Gasteiger partial charge < -0.3 is 16.6 Å². The van der Waals surface area contributed by atoms with E-state index in [-0.39, 0.29) is 16.9 Å². The van der Waals surface area contributed by atoms with Crippen LogP contribution < -0.4 is 11.5 Å². The minimum Gasteiger partial charge on any atom is -0.507 e. The van der Waals surface area contributed by atoms with E-state index in [4.69, 9.17) is 26.5 Å². The van der Waals surface area contributed by atoms with Gasteiger partial charge in [-0.2, -0.15) is 0 Å². The minimum atomic E-state index is -0.627. The second-order valence-electron chi connectivity index (χ2n) is 10.1. The molecule has 1 amide bonds. The summed E-state index contributed by atoms with van der Waals surface area (Å²) in [4.78, 5) is 39.3. The average Bonchev–Trinajstić information content (AvgIpc) is 3.66. The third kappa shape index (κ3) is 5.41. The van der Waals surface area contributed by atoms with Crippen molar-refractivity contribution in [2.75, 3.05) is 5.73 Å². The number of rotatable bonds is 5. The number of carbonyl (C=O) groups excluding carboxylic acids is 2. The number of primary amides is 1. The minimum absolute atomic E-state index is 0.0614. The van der Waals surface area contributed by atoms with Gasteiger partial charge in [0.15, 0.2) is 17.8 Å². The zero-order valence-corrected chi connectivity index (χ0v) is 23.0. The maximum Gasteiger partial charge on any atom is 0.248 e. The summed E-state index contributed by atoms with van der Waals surface area (Å²) in [5.41, 5.74) is 19.5. The number of nitrogen functional groups attached to an aromatic ring is 1. The first kappa shape index (κ1) is 27.3. The number of nitrogens with zero attached hydrogens (tertiary/aromatic N) is 5. The van der Waals surface area contributed by atoms with Crippen molar-refractivity contribution in [1.29, 1.82) is 0 Å². The fourth-order valence-corrected chi connectivity index (χ4v) is 5.16. The summed E-state index contributed by atoms with van der Waals surface area (Å²) in [6, 6.07) is 22.2. The van der Waals surface area contributed by atoms with Crippen LogP contribution in [0.5, 0.6) is 5.75 Å². The number of aryl methyl sites for hydroxylation is 2. The van der Waals surface area contributed by atoms with Crippen LogP contribution in [-0.2, 0) is 12.8 Å². The normalized spacial score (nSPS) is 11.9.